The van der Waals surface area contributed by atoms with E-state index in [2.05, 4.69) is 4.98 Å². The predicted octanol–water partition coefficient (Wildman–Crippen LogP) is 4.06. The number of esters is 1. The maximum Gasteiger partial charge on any atom is 0.338 e. The highest BCUT2D eigenvalue weighted by Crippen LogP contribution is 2.35. The average molecular weight is 419 g/mol. The Balaban J connectivity index is 1.62. The minimum Gasteiger partial charge on any atom is -0.465 e. The van der Waals surface area contributed by atoms with Gasteiger partial charge >= 0.3 is 5.97 Å². The van der Waals surface area contributed by atoms with E-state index in [0.29, 0.717) is 16.8 Å². The summed E-state index contributed by atoms with van der Waals surface area (Å²) in [5.74, 6) is -0.756. The predicted molar refractivity (Wildman–Crippen MR) is 113 cm³/mol. The van der Waals surface area contributed by atoms with Crippen molar-refractivity contribution in [1.82, 2.24) is 4.98 Å². The van der Waals surface area contributed by atoms with Crippen molar-refractivity contribution in [2.24, 2.45) is 0 Å². The van der Waals surface area contributed by atoms with Crippen molar-refractivity contribution in [1.29, 1.82) is 0 Å². The quantitative estimate of drug-likeness (QED) is 0.564. The Hall–Kier alpha value is -3.38. The van der Waals surface area contributed by atoms with Crippen LogP contribution in [0, 0.1) is 12.7 Å². The first-order chi connectivity index (χ1) is 14.9. The maximum atomic E-state index is 13.2. The normalized spacial score (nSPS) is 14.5. The molecule has 0 spiro atoms. The van der Waals surface area contributed by atoms with Crippen LogP contribution in [0.4, 0.5) is 4.39 Å². The van der Waals surface area contributed by atoms with Gasteiger partial charge in [0.1, 0.15) is 11.2 Å². The van der Waals surface area contributed by atoms with Gasteiger partial charge in [0.25, 0.3) is 0 Å². The molecule has 1 fully saturated rings. The van der Waals surface area contributed by atoms with Crippen LogP contribution in [-0.2, 0) is 26.1 Å². The summed E-state index contributed by atoms with van der Waals surface area (Å²) in [4.78, 5) is 29.8. The molecule has 158 valence electrons. The van der Waals surface area contributed by atoms with Gasteiger partial charge in [0.05, 0.1) is 31.6 Å². The van der Waals surface area contributed by atoms with Crippen molar-refractivity contribution in [2.45, 2.75) is 18.8 Å². The van der Waals surface area contributed by atoms with Crippen molar-refractivity contribution >= 4 is 11.8 Å². The van der Waals surface area contributed by atoms with E-state index in [1.807, 2.05) is 25.1 Å². The molecule has 0 saturated carbocycles. The smallest absolute Gasteiger partial charge is 0.338 e. The zero-order chi connectivity index (χ0) is 22.0. The number of benzene rings is 2. The molecule has 2 heterocycles. The van der Waals surface area contributed by atoms with Crippen LogP contribution < -0.4 is 0 Å². The zero-order valence-corrected chi connectivity index (χ0v) is 17.4. The molecule has 6 heteroatoms. The zero-order valence-electron chi connectivity index (χ0n) is 17.4. The number of pyridine rings is 1. The van der Waals surface area contributed by atoms with Gasteiger partial charge in [-0.05, 0) is 42.3 Å². The molecule has 5 nitrogen and oxygen atoms in total. The number of Topliss-reactive ketones (excluding diaryl/α,β-unsaturated/α-hetero) is 1. The fraction of sp³-hybridized carbons (Fsp3) is 0.240. The van der Waals surface area contributed by atoms with Crippen molar-refractivity contribution < 1.29 is 23.5 Å². The van der Waals surface area contributed by atoms with Crippen LogP contribution >= 0.6 is 0 Å². The topological polar surface area (TPSA) is 65.5 Å². The second-order valence-corrected chi connectivity index (χ2v) is 7.77. The number of carbonyl (C=O) groups is 2. The Morgan fingerprint density at radius 1 is 1.10 bits per heavy atom. The molecule has 3 aromatic rings. The molecule has 2 aromatic carbocycles. The summed E-state index contributed by atoms with van der Waals surface area (Å²) in [5, 5.41) is 0. The molecule has 1 aliphatic heterocycles. The van der Waals surface area contributed by atoms with Crippen LogP contribution in [-0.4, -0.2) is 37.1 Å². The van der Waals surface area contributed by atoms with E-state index in [-0.39, 0.29) is 31.2 Å². The van der Waals surface area contributed by atoms with Gasteiger partial charge in [-0.15, -0.1) is 0 Å². The molecule has 0 amide bonds. The van der Waals surface area contributed by atoms with Gasteiger partial charge in [-0.25, -0.2) is 9.18 Å². The number of aromatic nitrogens is 1. The Morgan fingerprint density at radius 2 is 1.84 bits per heavy atom. The van der Waals surface area contributed by atoms with Gasteiger partial charge in [0.2, 0.25) is 0 Å². The summed E-state index contributed by atoms with van der Waals surface area (Å²) >= 11 is 0. The summed E-state index contributed by atoms with van der Waals surface area (Å²) in [6, 6.07) is 15.1. The molecule has 0 bridgehead atoms. The third-order valence-corrected chi connectivity index (χ3v) is 5.68. The molecule has 1 aromatic heterocycles. The Morgan fingerprint density at radius 3 is 2.42 bits per heavy atom. The van der Waals surface area contributed by atoms with E-state index in [9.17, 15) is 14.0 Å². The summed E-state index contributed by atoms with van der Waals surface area (Å²) in [6.07, 6.45) is 1.86. The SMILES string of the molecule is COC(=O)c1cc(C)ccc1-c1ccc(C2(C(=O)Cc3ccc(F)cc3)COC2)cn1. The Kier molecular flexibility index (Phi) is 5.65. The maximum absolute atomic E-state index is 13.2. The lowest BCUT2D eigenvalue weighted by atomic mass is 9.74. The second kappa shape index (κ2) is 8.40. The van der Waals surface area contributed by atoms with Crippen LogP contribution in [0.5, 0.6) is 0 Å². The highest BCUT2D eigenvalue weighted by molar-refractivity contribution is 5.97. The van der Waals surface area contributed by atoms with Gasteiger partial charge in [0, 0.05) is 18.2 Å². The summed E-state index contributed by atoms with van der Waals surface area (Å²) in [5.41, 5.74) is 3.42. The number of methoxy groups -OCH3 is 1. The number of rotatable bonds is 6. The van der Waals surface area contributed by atoms with Crippen molar-refractivity contribution in [3.8, 4) is 11.3 Å². The number of hydrogen-bond acceptors (Lipinski definition) is 5. The van der Waals surface area contributed by atoms with Crippen LogP contribution in [0.1, 0.15) is 27.0 Å². The molecule has 1 saturated heterocycles. The summed E-state index contributed by atoms with van der Waals surface area (Å²) < 4.78 is 23.5. The van der Waals surface area contributed by atoms with Crippen molar-refractivity contribution in [3.05, 3.63) is 88.9 Å². The lowest BCUT2D eigenvalue weighted by Gasteiger charge is -2.40. The van der Waals surface area contributed by atoms with Crippen LogP contribution in [0.2, 0.25) is 0 Å². The number of carbonyl (C=O) groups excluding carboxylic acids is 2. The monoisotopic (exact) mass is 419 g/mol. The summed E-state index contributed by atoms with van der Waals surface area (Å²) in [7, 11) is 1.35. The van der Waals surface area contributed by atoms with E-state index < -0.39 is 11.4 Å². The van der Waals surface area contributed by atoms with E-state index in [4.69, 9.17) is 9.47 Å². The highest BCUT2D eigenvalue weighted by Gasteiger charge is 2.47. The van der Waals surface area contributed by atoms with Crippen molar-refractivity contribution in [3.63, 3.8) is 0 Å². The fourth-order valence-electron chi connectivity index (χ4n) is 3.75. The number of halogens is 1. The first-order valence-electron chi connectivity index (χ1n) is 9.94. The number of ketones is 1. The van der Waals surface area contributed by atoms with Gasteiger partial charge in [-0.2, -0.15) is 0 Å². The molecule has 4 rings (SSSR count). The minimum absolute atomic E-state index is 0.00509. The fourth-order valence-corrected chi connectivity index (χ4v) is 3.75. The van der Waals surface area contributed by atoms with E-state index in [1.54, 1.807) is 30.5 Å². The molecule has 0 radical (unpaired) electrons. The van der Waals surface area contributed by atoms with Crippen LogP contribution in [0.25, 0.3) is 11.3 Å². The number of nitrogens with zero attached hydrogens (tertiary/aromatic N) is 1. The van der Waals surface area contributed by atoms with Crippen LogP contribution in [0.3, 0.4) is 0 Å². The third kappa shape index (κ3) is 3.99. The van der Waals surface area contributed by atoms with Crippen molar-refractivity contribution in [2.75, 3.05) is 20.3 Å². The molecular formula is C25H22FNO4. The molecule has 0 unspecified atom stereocenters. The first kappa shape index (κ1) is 20.9. The molecular weight excluding hydrogens is 397 g/mol. The molecule has 31 heavy (non-hydrogen) atoms. The highest BCUT2D eigenvalue weighted by atomic mass is 19.1. The molecule has 0 atom stereocenters. The molecule has 1 aliphatic rings. The van der Waals surface area contributed by atoms with E-state index in [0.717, 1.165) is 16.7 Å². The van der Waals surface area contributed by atoms with Gasteiger partial charge in [-0.3, -0.25) is 9.78 Å². The first-order valence-corrected chi connectivity index (χ1v) is 9.94. The Bertz CT molecular complexity index is 1120. The average Bonchev–Trinajstić information content (AvgIpc) is 2.74. The van der Waals surface area contributed by atoms with Crippen LogP contribution in [0.15, 0.2) is 60.8 Å². The Labute approximate surface area is 179 Å². The lowest BCUT2D eigenvalue weighted by molar-refractivity contribution is -0.142. The standard InChI is InChI=1S/C25H22FNO4/c1-16-3-9-20(21(11-16)24(29)30-2)22-10-6-18(13-27-22)25(14-31-15-25)23(28)12-17-4-7-19(26)8-5-17/h3-11,13H,12,14-15H2,1-2H3. The number of hydrogen-bond donors (Lipinski definition) is 0. The molecule has 0 aliphatic carbocycles. The summed E-state index contributed by atoms with van der Waals surface area (Å²) in [6.45, 7) is 2.47. The lowest BCUT2D eigenvalue weighted by Crippen LogP contribution is -2.53. The van der Waals surface area contributed by atoms with Gasteiger partial charge in [-0.1, -0.05) is 35.9 Å². The third-order valence-electron chi connectivity index (χ3n) is 5.68. The van der Waals surface area contributed by atoms with E-state index in [1.165, 1.54) is 19.2 Å². The van der Waals surface area contributed by atoms with E-state index >= 15 is 0 Å². The largest absolute Gasteiger partial charge is 0.465 e. The minimum atomic E-state index is -0.766. The number of ether oxygens (including phenoxy) is 2. The second-order valence-electron chi connectivity index (χ2n) is 7.77. The van der Waals surface area contributed by atoms with Gasteiger partial charge < -0.3 is 9.47 Å². The molecule has 0 N–H and O–H groups in total. The number of aryl methyl sites for hydroxylation is 1. The van der Waals surface area contributed by atoms with Gasteiger partial charge in [0.15, 0.2) is 5.78 Å².